The van der Waals surface area contributed by atoms with Gasteiger partial charge in [-0.1, -0.05) is 19.9 Å². The van der Waals surface area contributed by atoms with E-state index in [1.54, 1.807) is 25.3 Å². The van der Waals surface area contributed by atoms with Crippen LogP contribution in [0.4, 0.5) is 0 Å². The van der Waals surface area contributed by atoms with Crippen LogP contribution in [0.15, 0.2) is 34.7 Å². The van der Waals surface area contributed by atoms with Crippen molar-refractivity contribution in [1.29, 1.82) is 0 Å². The van der Waals surface area contributed by atoms with Gasteiger partial charge in [0.05, 0.1) is 10.9 Å². The molecule has 8 heteroatoms. The van der Waals surface area contributed by atoms with E-state index in [0.717, 1.165) is 15.7 Å². The maximum atomic E-state index is 12.7. The zero-order chi connectivity index (χ0) is 19.5. The molecule has 2 aromatic rings. The number of amides is 1. The van der Waals surface area contributed by atoms with Gasteiger partial charge in [0.25, 0.3) is 5.91 Å². The number of thiazole rings is 1. The number of nitrogens with zero attached hydrogens (tertiary/aromatic N) is 2. The number of carbonyl (C=O) groups excluding carboxylic acids is 1. The molecule has 6 nitrogen and oxygen atoms in total. The minimum absolute atomic E-state index is 0.143. The van der Waals surface area contributed by atoms with E-state index < -0.39 is 10.0 Å². The van der Waals surface area contributed by atoms with Gasteiger partial charge in [-0.15, -0.1) is 11.3 Å². The van der Waals surface area contributed by atoms with Crippen molar-refractivity contribution in [2.45, 2.75) is 38.1 Å². The highest BCUT2D eigenvalue weighted by molar-refractivity contribution is 7.89. The van der Waals surface area contributed by atoms with Crippen molar-refractivity contribution in [1.82, 2.24) is 14.6 Å². The first-order valence-corrected chi connectivity index (χ1v) is 10.7. The first kappa shape index (κ1) is 20.5. The lowest BCUT2D eigenvalue weighted by Crippen LogP contribution is -2.30. The molecule has 1 N–H and O–H groups in total. The SMILES string of the molecule is Cc1ccc(C(=O)NC(CC(C)C)c2nccs2)cc1S(=O)(=O)N(C)C. The molecule has 0 aliphatic rings. The molecule has 0 aliphatic heterocycles. The molecular weight excluding hydrogens is 370 g/mol. The Bertz CT molecular complexity index is 860. The molecule has 0 bridgehead atoms. The summed E-state index contributed by atoms with van der Waals surface area (Å²) in [6.07, 6.45) is 2.47. The van der Waals surface area contributed by atoms with Crippen LogP contribution in [-0.2, 0) is 10.0 Å². The molecule has 1 aromatic carbocycles. The van der Waals surface area contributed by atoms with E-state index in [4.69, 9.17) is 0 Å². The van der Waals surface area contributed by atoms with Crippen LogP contribution < -0.4 is 5.32 Å². The summed E-state index contributed by atoms with van der Waals surface area (Å²) >= 11 is 1.50. The standard InChI is InChI=1S/C18H25N3O3S2/c1-12(2)10-15(18-19-8-9-25-18)20-17(22)14-7-6-13(3)16(11-14)26(23,24)21(4)5/h6-9,11-12,15H,10H2,1-5H3,(H,20,22). The number of rotatable bonds is 7. The number of nitrogens with one attached hydrogen (secondary N) is 1. The highest BCUT2D eigenvalue weighted by Crippen LogP contribution is 2.25. The van der Waals surface area contributed by atoms with E-state index in [1.807, 2.05) is 5.38 Å². The molecule has 2 rings (SSSR count). The fraction of sp³-hybridized carbons (Fsp3) is 0.444. The van der Waals surface area contributed by atoms with Crippen molar-refractivity contribution in [2.24, 2.45) is 5.92 Å². The van der Waals surface area contributed by atoms with Gasteiger partial charge in [-0.25, -0.2) is 17.7 Å². The topological polar surface area (TPSA) is 79.4 Å². The van der Waals surface area contributed by atoms with Gasteiger partial charge in [0.2, 0.25) is 10.0 Å². The van der Waals surface area contributed by atoms with Crippen molar-refractivity contribution >= 4 is 27.3 Å². The van der Waals surface area contributed by atoms with Crippen molar-refractivity contribution in [3.63, 3.8) is 0 Å². The zero-order valence-electron chi connectivity index (χ0n) is 15.7. The van der Waals surface area contributed by atoms with Gasteiger partial charge in [-0.05, 0) is 37.0 Å². The minimum Gasteiger partial charge on any atom is -0.343 e. The molecule has 26 heavy (non-hydrogen) atoms. The summed E-state index contributed by atoms with van der Waals surface area (Å²) in [5.74, 6) is 0.0768. The molecule has 0 spiro atoms. The van der Waals surface area contributed by atoms with Gasteiger partial charge >= 0.3 is 0 Å². The van der Waals surface area contributed by atoms with Crippen LogP contribution in [0.5, 0.6) is 0 Å². The summed E-state index contributed by atoms with van der Waals surface area (Å²) in [6, 6.07) is 4.55. The fourth-order valence-corrected chi connectivity index (χ4v) is 4.40. The third-order valence-corrected chi connectivity index (χ3v) is 6.82. The van der Waals surface area contributed by atoms with Gasteiger partial charge < -0.3 is 5.32 Å². The molecule has 1 atom stereocenters. The van der Waals surface area contributed by atoms with Gasteiger partial charge in [0, 0.05) is 31.2 Å². The third kappa shape index (κ3) is 4.69. The van der Waals surface area contributed by atoms with E-state index >= 15 is 0 Å². The first-order valence-electron chi connectivity index (χ1n) is 8.36. The fourth-order valence-electron chi connectivity index (χ4n) is 2.56. The Morgan fingerprint density at radius 2 is 2.00 bits per heavy atom. The van der Waals surface area contributed by atoms with Gasteiger partial charge in [0.1, 0.15) is 5.01 Å². The van der Waals surface area contributed by atoms with Gasteiger partial charge in [-0.3, -0.25) is 4.79 Å². The van der Waals surface area contributed by atoms with Crippen molar-refractivity contribution in [3.8, 4) is 0 Å². The second kappa shape index (κ2) is 8.28. The average Bonchev–Trinajstić information content (AvgIpc) is 3.08. The van der Waals surface area contributed by atoms with Crippen LogP contribution >= 0.6 is 11.3 Å². The van der Waals surface area contributed by atoms with Gasteiger partial charge in [0.15, 0.2) is 0 Å². The Kier molecular flexibility index (Phi) is 6.54. The van der Waals surface area contributed by atoms with E-state index in [9.17, 15) is 13.2 Å². The monoisotopic (exact) mass is 395 g/mol. The van der Waals surface area contributed by atoms with Crippen LogP contribution in [0.2, 0.25) is 0 Å². The number of hydrogen-bond donors (Lipinski definition) is 1. The van der Waals surface area contributed by atoms with Crippen LogP contribution in [-0.4, -0.2) is 37.7 Å². The molecule has 1 heterocycles. The van der Waals surface area contributed by atoms with Crippen LogP contribution in [0.1, 0.15) is 47.2 Å². The Labute approximate surface area is 159 Å². The molecule has 1 aromatic heterocycles. The number of carbonyl (C=O) groups is 1. The highest BCUT2D eigenvalue weighted by atomic mass is 32.2. The lowest BCUT2D eigenvalue weighted by molar-refractivity contribution is 0.0931. The third-order valence-electron chi connectivity index (χ3n) is 3.97. The van der Waals surface area contributed by atoms with E-state index in [-0.39, 0.29) is 16.8 Å². The zero-order valence-corrected chi connectivity index (χ0v) is 17.3. The Hall–Kier alpha value is -1.77. The Morgan fingerprint density at radius 1 is 1.31 bits per heavy atom. The van der Waals surface area contributed by atoms with Crippen LogP contribution in [0, 0.1) is 12.8 Å². The number of benzene rings is 1. The van der Waals surface area contributed by atoms with Crippen molar-refractivity contribution in [2.75, 3.05) is 14.1 Å². The van der Waals surface area contributed by atoms with E-state index in [1.165, 1.54) is 31.5 Å². The second-order valence-electron chi connectivity index (χ2n) is 6.79. The van der Waals surface area contributed by atoms with Crippen LogP contribution in [0.3, 0.4) is 0 Å². The molecule has 0 saturated heterocycles. The number of aromatic nitrogens is 1. The summed E-state index contributed by atoms with van der Waals surface area (Å²) in [6.45, 7) is 5.88. The predicted molar refractivity (Wildman–Crippen MR) is 104 cm³/mol. The molecular formula is C18H25N3O3S2. The molecule has 142 valence electrons. The summed E-state index contributed by atoms with van der Waals surface area (Å²) in [5.41, 5.74) is 0.926. The summed E-state index contributed by atoms with van der Waals surface area (Å²) in [7, 11) is -0.662. The lowest BCUT2D eigenvalue weighted by atomic mass is 10.0. The summed E-state index contributed by atoms with van der Waals surface area (Å²) in [4.78, 5) is 17.2. The maximum Gasteiger partial charge on any atom is 0.251 e. The molecule has 0 saturated carbocycles. The van der Waals surface area contributed by atoms with E-state index in [2.05, 4.69) is 24.1 Å². The largest absolute Gasteiger partial charge is 0.343 e. The predicted octanol–water partition coefficient (Wildman–Crippen LogP) is 3.22. The number of aryl methyl sites for hydroxylation is 1. The smallest absolute Gasteiger partial charge is 0.251 e. The number of sulfonamides is 1. The first-order chi connectivity index (χ1) is 12.1. The van der Waals surface area contributed by atoms with Gasteiger partial charge in [-0.2, -0.15) is 0 Å². The summed E-state index contributed by atoms with van der Waals surface area (Å²) < 4.78 is 26.1. The Morgan fingerprint density at radius 3 is 2.54 bits per heavy atom. The molecule has 1 unspecified atom stereocenters. The molecule has 0 radical (unpaired) electrons. The van der Waals surface area contributed by atoms with Crippen molar-refractivity contribution in [3.05, 3.63) is 45.9 Å². The minimum atomic E-state index is -3.61. The second-order valence-corrected chi connectivity index (χ2v) is 9.84. The molecule has 0 fully saturated rings. The normalized spacial score (nSPS) is 13.2. The summed E-state index contributed by atoms with van der Waals surface area (Å²) in [5, 5.41) is 5.72. The molecule has 1 amide bonds. The number of hydrogen-bond acceptors (Lipinski definition) is 5. The molecule has 0 aliphatic carbocycles. The highest BCUT2D eigenvalue weighted by Gasteiger charge is 2.23. The average molecular weight is 396 g/mol. The van der Waals surface area contributed by atoms with Crippen LogP contribution in [0.25, 0.3) is 0 Å². The van der Waals surface area contributed by atoms with Crippen molar-refractivity contribution < 1.29 is 13.2 Å². The lowest BCUT2D eigenvalue weighted by Gasteiger charge is -2.19. The quantitative estimate of drug-likeness (QED) is 0.781. The van der Waals surface area contributed by atoms with E-state index in [0.29, 0.717) is 17.0 Å². The maximum absolute atomic E-state index is 12.7. The Balaban J connectivity index is 2.32.